The van der Waals surface area contributed by atoms with Gasteiger partial charge in [-0.25, -0.2) is 4.98 Å². The number of fused-ring (bicyclic) bond motifs is 1. The van der Waals surface area contributed by atoms with Crippen molar-refractivity contribution in [1.82, 2.24) is 14.8 Å². The van der Waals surface area contributed by atoms with Crippen LogP contribution in [0.5, 0.6) is 5.75 Å². The first-order valence-corrected chi connectivity index (χ1v) is 11.4. The van der Waals surface area contributed by atoms with Crippen LogP contribution < -0.4 is 10.1 Å². The third-order valence-electron chi connectivity index (χ3n) is 4.30. The fourth-order valence-corrected chi connectivity index (χ4v) is 4.95. The van der Waals surface area contributed by atoms with Crippen molar-refractivity contribution >= 4 is 56.6 Å². The summed E-state index contributed by atoms with van der Waals surface area (Å²) in [6.45, 7) is 1.88. The highest BCUT2D eigenvalue weighted by Crippen LogP contribution is 2.31. The van der Waals surface area contributed by atoms with Crippen LogP contribution in [0.3, 0.4) is 0 Å². The van der Waals surface area contributed by atoms with Crippen molar-refractivity contribution < 1.29 is 9.53 Å². The molecule has 0 radical (unpaired) electrons. The quantitative estimate of drug-likeness (QED) is 0.366. The van der Waals surface area contributed by atoms with Crippen molar-refractivity contribution in [2.45, 2.75) is 18.2 Å². The van der Waals surface area contributed by atoms with Gasteiger partial charge in [-0.3, -0.25) is 4.79 Å². The predicted octanol–water partition coefficient (Wildman–Crippen LogP) is 5.57. The molecule has 0 aliphatic rings. The number of nitrogens with one attached hydrogen (secondary N) is 1. The molecule has 6 nitrogen and oxygen atoms in total. The van der Waals surface area contributed by atoms with Gasteiger partial charge < -0.3 is 10.1 Å². The van der Waals surface area contributed by atoms with E-state index in [2.05, 4.69) is 15.4 Å². The van der Waals surface area contributed by atoms with Gasteiger partial charge in [0.25, 0.3) is 0 Å². The molecule has 30 heavy (non-hydrogen) atoms. The molecule has 4 rings (SSSR count). The number of thiazole rings is 1. The largest absolute Gasteiger partial charge is 0.497 e. The zero-order valence-electron chi connectivity index (χ0n) is 16.4. The lowest BCUT2D eigenvalue weighted by atomic mass is 10.3. The molecule has 0 saturated carbocycles. The molecule has 1 amide bonds. The van der Waals surface area contributed by atoms with Crippen molar-refractivity contribution in [3.63, 3.8) is 0 Å². The second-order valence-electron chi connectivity index (χ2n) is 6.49. The third-order valence-corrected chi connectivity index (χ3v) is 6.61. The highest BCUT2D eigenvalue weighted by Gasteiger charge is 2.15. The monoisotopic (exact) mass is 458 g/mol. The highest BCUT2D eigenvalue weighted by molar-refractivity contribution is 7.99. The number of anilines is 1. The normalized spacial score (nSPS) is 11.0. The van der Waals surface area contributed by atoms with E-state index in [0.29, 0.717) is 28.1 Å². The van der Waals surface area contributed by atoms with E-state index in [1.165, 1.54) is 11.3 Å². The number of hydrogen-bond donors (Lipinski definition) is 1. The van der Waals surface area contributed by atoms with E-state index in [-0.39, 0.29) is 5.91 Å². The first-order chi connectivity index (χ1) is 14.5. The molecule has 2 aromatic heterocycles. The number of thioether (sulfide) groups is 1. The number of nitrogens with zero attached hydrogens (tertiary/aromatic N) is 3. The van der Waals surface area contributed by atoms with E-state index in [9.17, 15) is 4.79 Å². The number of halogens is 1. The minimum Gasteiger partial charge on any atom is -0.497 e. The Morgan fingerprint density at radius 2 is 2.07 bits per heavy atom. The fourth-order valence-electron chi connectivity index (χ4n) is 2.87. The molecule has 0 saturated heterocycles. The van der Waals surface area contributed by atoms with Crippen molar-refractivity contribution in [1.29, 1.82) is 0 Å². The summed E-state index contributed by atoms with van der Waals surface area (Å²) < 4.78 is 7.79. The number of para-hydroxylation sites is 1. The lowest BCUT2D eigenvalue weighted by molar-refractivity contribution is -0.115. The molecular weight excluding hydrogens is 440 g/mol. The number of amides is 1. The maximum absolute atomic E-state index is 12.5. The maximum Gasteiger partial charge on any atom is 0.226 e. The summed E-state index contributed by atoms with van der Waals surface area (Å²) in [5, 5.41) is 8.71. The zero-order chi connectivity index (χ0) is 21.1. The van der Waals surface area contributed by atoms with Gasteiger partial charge >= 0.3 is 0 Å². The summed E-state index contributed by atoms with van der Waals surface area (Å²) in [6, 6.07) is 15.3. The Balaban J connectivity index is 1.43. The topological polar surface area (TPSA) is 69.0 Å². The third kappa shape index (κ3) is 4.61. The molecule has 0 aliphatic carbocycles. The van der Waals surface area contributed by atoms with Crippen LogP contribution in [-0.4, -0.2) is 33.5 Å². The summed E-state index contributed by atoms with van der Waals surface area (Å²) in [4.78, 5) is 18.2. The number of benzene rings is 2. The molecule has 4 aromatic rings. The molecule has 9 heteroatoms. The van der Waals surface area contributed by atoms with Crippen molar-refractivity contribution in [3.05, 3.63) is 59.2 Å². The fraction of sp³-hybridized carbons (Fsp3) is 0.190. The van der Waals surface area contributed by atoms with E-state index < -0.39 is 0 Å². The Morgan fingerprint density at radius 1 is 1.27 bits per heavy atom. The van der Waals surface area contributed by atoms with Crippen LogP contribution in [0.1, 0.15) is 12.1 Å². The number of hydrogen-bond acceptors (Lipinski definition) is 6. The molecule has 0 unspecified atom stereocenters. The van der Waals surface area contributed by atoms with E-state index in [1.54, 1.807) is 23.6 Å². The minimum absolute atomic E-state index is 0.0729. The van der Waals surface area contributed by atoms with E-state index >= 15 is 0 Å². The summed E-state index contributed by atoms with van der Waals surface area (Å²) in [5.41, 5.74) is 1.53. The number of carbonyl (C=O) groups is 1. The second-order valence-corrected chi connectivity index (χ2v) is 9.07. The SMILES string of the molecule is COc1ccc(SCCC(=O)Nc2cc(C)nn2-c2nc3c(Cl)cccc3s2)cc1. The van der Waals surface area contributed by atoms with Crippen LogP contribution >= 0.6 is 34.7 Å². The molecule has 2 heterocycles. The molecular formula is C21H19ClN4O2S2. The summed E-state index contributed by atoms with van der Waals surface area (Å²) in [5.74, 6) is 2.01. The van der Waals surface area contributed by atoms with Gasteiger partial charge in [-0.2, -0.15) is 9.78 Å². The molecule has 2 aromatic carbocycles. The minimum atomic E-state index is -0.0729. The molecule has 0 bridgehead atoms. The van der Waals surface area contributed by atoms with Crippen LogP contribution in [0, 0.1) is 6.92 Å². The number of rotatable bonds is 7. The lowest BCUT2D eigenvalue weighted by Gasteiger charge is -2.07. The van der Waals surface area contributed by atoms with Gasteiger partial charge in [0, 0.05) is 23.1 Å². The molecule has 0 fully saturated rings. The summed E-state index contributed by atoms with van der Waals surface area (Å²) in [6.07, 6.45) is 0.382. The number of aryl methyl sites for hydroxylation is 1. The van der Waals surface area contributed by atoms with E-state index in [0.717, 1.165) is 26.6 Å². The number of ether oxygens (including phenoxy) is 1. The van der Waals surface area contributed by atoms with Crippen LogP contribution in [0.2, 0.25) is 5.02 Å². The van der Waals surface area contributed by atoms with Crippen LogP contribution in [-0.2, 0) is 4.79 Å². The van der Waals surface area contributed by atoms with Crippen LogP contribution in [0.4, 0.5) is 5.82 Å². The highest BCUT2D eigenvalue weighted by atomic mass is 35.5. The van der Waals surface area contributed by atoms with Gasteiger partial charge in [0.05, 0.1) is 22.5 Å². The summed E-state index contributed by atoms with van der Waals surface area (Å²) >= 11 is 9.35. The number of methoxy groups -OCH3 is 1. The van der Waals surface area contributed by atoms with Crippen LogP contribution in [0.25, 0.3) is 15.3 Å². The number of aromatic nitrogens is 3. The van der Waals surface area contributed by atoms with E-state index in [4.69, 9.17) is 16.3 Å². The molecule has 0 spiro atoms. The van der Waals surface area contributed by atoms with Crippen molar-refractivity contribution in [2.24, 2.45) is 0 Å². The van der Waals surface area contributed by atoms with E-state index in [1.807, 2.05) is 55.5 Å². The maximum atomic E-state index is 12.5. The Kier molecular flexibility index (Phi) is 6.26. The van der Waals surface area contributed by atoms with Crippen molar-refractivity contribution in [2.75, 3.05) is 18.2 Å². The van der Waals surface area contributed by atoms with Crippen molar-refractivity contribution in [3.8, 4) is 10.9 Å². The van der Waals surface area contributed by atoms with Gasteiger partial charge in [-0.15, -0.1) is 11.8 Å². The number of carbonyl (C=O) groups excluding carboxylic acids is 1. The Morgan fingerprint density at radius 3 is 2.80 bits per heavy atom. The predicted molar refractivity (Wildman–Crippen MR) is 123 cm³/mol. The van der Waals surface area contributed by atoms with Gasteiger partial charge in [-0.1, -0.05) is 29.0 Å². The van der Waals surface area contributed by atoms with Crippen LogP contribution in [0.15, 0.2) is 53.4 Å². The van der Waals surface area contributed by atoms with Gasteiger partial charge in [0.2, 0.25) is 11.0 Å². The second kappa shape index (κ2) is 9.07. The lowest BCUT2D eigenvalue weighted by Crippen LogP contribution is -2.15. The van der Waals surface area contributed by atoms with Gasteiger partial charge in [0.1, 0.15) is 17.1 Å². The first-order valence-electron chi connectivity index (χ1n) is 9.22. The Labute approximate surface area is 187 Å². The Hall–Kier alpha value is -2.55. The molecule has 0 atom stereocenters. The standard InChI is InChI=1S/C21H19ClN4O2S2/c1-13-12-18(23-19(27)10-11-29-15-8-6-14(28-2)7-9-15)26(25-13)21-24-20-16(22)4-3-5-17(20)30-21/h3-9,12H,10-11H2,1-2H3,(H,23,27). The molecule has 154 valence electrons. The van der Waals surface area contributed by atoms with Gasteiger partial charge in [0.15, 0.2) is 0 Å². The molecule has 1 N–H and O–H groups in total. The molecule has 0 aliphatic heterocycles. The smallest absolute Gasteiger partial charge is 0.226 e. The van der Waals surface area contributed by atoms with Gasteiger partial charge in [-0.05, 0) is 43.3 Å². The first kappa shape index (κ1) is 20.7. The average molecular weight is 459 g/mol. The Bertz CT molecular complexity index is 1190. The average Bonchev–Trinajstić information content (AvgIpc) is 3.32. The zero-order valence-corrected chi connectivity index (χ0v) is 18.8. The summed E-state index contributed by atoms with van der Waals surface area (Å²) in [7, 11) is 1.64.